The van der Waals surface area contributed by atoms with Crippen molar-refractivity contribution in [2.45, 2.75) is 25.7 Å². The van der Waals surface area contributed by atoms with E-state index in [1.54, 1.807) is 18.5 Å². The Morgan fingerprint density at radius 3 is 2.82 bits per heavy atom. The van der Waals surface area contributed by atoms with Gasteiger partial charge in [-0.2, -0.15) is 13.2 Å². The highest BCUT2D eigenvalue weighted by Gasteiger charge is 2.35. The Balaban J connectivity index is 1.76. The zero-order chi connectivity index (χ0) is 15.7. The molecule has 3 heterocycles. The Kier molecular flexibility index (Phi) is 4.01. The highest BCUT2D eigenvalue weighted by Crippen LogP contribution is 2.28. The largest absolute Gasteiger partial charge is 0.451 e. The molecular weight excluding hydrogens is 317 g/mol. The number of hydrogen-bond acceptors (Lipinski definition) is 4. The van der Waals surface area contributed by atoms with E-state index < -0.39 is 12.0 Å². The number of aromatic nitrogens is 3. The van der Waals surface area contributed by atoms with Crippen molar-refractivity contribution in [2.24, 2.45) is 0 Å². The summed E-state index contributed by atoms with van der Waals surface area (Å²) in [6, 6.07) is 1.72. The lowest BCUT2D eigenvalue weighted by Gasteiger charge is -2.28. The molecule has 0 spiro atoms. The van der Waals surface area contributed by atoms with E-state index in [0.29, 0.717) is 36.8 Å². The third-order valence-electron chi connectivity index (χ3n) is 3.50. The summed E-state index contributed by atoms with van der Waals surface area (Å²) in [6.07, 6.45) is 0.529. The molecule has 2 aromatic rings. The lowest BCUT2D eigenvalue weighted by Crippen LogP contribution is -2.31. The van der Waals surface area contributed by atoms with Gasteiger partial charge < -0.3 is 0 Å². The molecule has 0 saturated carbocycles. The Bertz CT molecular complexity index is 690. The quantitative estimate of drug-likeness (QED) is 0.849. The summed E-state index contributed by atoms with van der Waals surface area (Å²) >= 11 is 6.10. The number of pyridine rings is 1. The van der Waals surface area contributed by atoms with Crippen molar-refractivity contribution in [3.05, 3.63) is 52.3 Å². The highest BCUT2D eigenvalue weighted by atomic mass is 35.5. The Labute approximate surface area is 130 Å². The van der Waals surface area contributed by atoms with Crippen molar-refractivity contribution in [3.63, 3.8) is 0 Å². The molecule has 0 aromatic carbocycles. The van der Waals surface area contributed by atoms with E-state index in [2.05, 4.69) is 19.9 Å². The molecule has 0 amide bonds. The minimum Gasteiger partial charge on any atom is -0.294 e. The summed E-state index contributed by atoms with van der Waals surface area (Å²) < 4.78 is 37.8. The molecule has 4 nitrogen and oxygen atoms in total. The van der Waals surface area contributed by atoms with Crippen LogP contribution in [0.5, 0.6) is 0 Å². The Morgan fingerprint density at radius 2 is 2.09 bits per heavy atom. The van der Waals surface area contributed by atoms with Gasteiger partial charge in [-0.25, -0.2) is 9.97 Å². The first kappa shape index (κ1) is 15.2. The van der Waals surface area contributed by atoms with Crippen LogP contribution in [0.4, 0.5) is 13.2 Å². The summed E-state index contributed by atoms with van der Waals surface area (Å²) in [7, 11) is 0. The Morgan fingerprint density at radius 1 is 1.27 bits per heavy atom. The molecule has 8 heteroatoms. The van der Waals surface area contributed by atoms with Crippen LogP contribution in [0.2, 0.25) is 5.02 Å². The van der Waals surface area contributed by atoms with Gasteiger partial charge in [0, 0.05) is 60.8 Å². The van der Waals surface area contributed by atoms with Crippen LogP contribution in [0.1, 0.15) is 22.6 Å². The predicted octanol–water partition coefficient (Wildman–Crippen LogP) is 3.10. The van der Waals surface area contributed by atoms with Gasteiger partial charge in [0.05, 0.1) is 5.69 Å². The van der Waals surface area contributed by atoms with Crippen LogP contribution in [0.15, 0.2) is 24.7 Å². The van der Waals surface area contributed by atoms with E-state index >= 15 is 0 Å². The van der Waals surface area contributed by atoms with Crippen molar-refractivity contribution in [2.75, 3.05) is 6.54 Å². The third kappa shape index (κ3) is 3.20. The van der Waals surface area contributed by atoms with Gasteiger partial charge in [-0.05, 0) is 6.07 Å². The van der Waals surface area contributed by atoms with Crippen LogP contribution in [0.3, 0.4) is 0 Å². The molecule has 0 N–H and O–H groups in total. The summed E-state index contributed by atoms with van der Waals surface area (Å²) in [6.45, 7) is 1.71. The van der Waals surface area contributed by atoms with Crippen LogP contribution >= 0.6 is 11.6 Å². The third-order valence-corrected chi connectivity index (χ3v) is 3.87. The molecule has 1 aliphatic heterocycles. The standard InChI is InChI=1S/C14H12ClF3N4/c15-11-1-3-19-5-9(11)7-22-4-2-12-10(8-22)6-20-13(21-12)14(16,17)18/h1,3,5-6H,2,4,7-8H2. The minimum atomic E-state index is -4.50. The van der Waals surface area contributed by atoms with Gasteiger partial charge in [-0.15, -0.1) is 0 Å². The van der Waals surface area contributed by atoms with Crippen molar-refractivity contribution < 1.29 is 13.2 Å². The van der Waals surface area contributed by atoms with Crippen molar-refractivity contribution in [1.29, 1.82) is 0 Å². The Hall–Kier alpha value is -1.73. The minimum absolute atomic E-state index is 0.457. The highest BCUT2D eigenvalue weighted by molar-refractivity contribution is 6.31. The van der Waals surface area contributed by atoms with E-state index in [9.17, 15) is 13.2 Å². The second-order valence-electron chi connectivity index (χ2n) is 5.09. The van der Waals surface area contributed by atoms with Gasteiger partial charge in [0.25, 0.3) is 0 Å². The number of hydrogen-bond donors (Lipinski definition) is 0. The average molecular weight is 329 g/mol. The molecule has 0 bridgehead atoms. The molecule has 2 aromatic heterocycles. The lowest BCUT2D eigenvalue weighted by atomic mass is 10.1. The SMILES string of the molecule is FC(F)(F)c1ncc2c(n1)CCN(Cc1cnccc1Cl)C2. The van der Waals surface area contributed by atoms with Gasteiger partial charge in [-0.1, -0.05) is 11.6 Å². The average Bonchev–Trinajstić information content (AvgIpc) is 2.48. The number of rotatable bonds is 2. The van der Waals surface area contributed by atoms with E-state index in [0.717, 1.165) is 11.1 Å². The van der Waals surface area contributed by atoms with Gasteiger partial charge >= 0.3 is 6.18 Å². The maximum Gasteiger partial charge on any atom is 0.451 e. The summed E-state index contributed by atoms with van der Waals surface area (Å²) in [5.41, 5.74) is 2.08. The van der Waals surface area contributed by atoms with Crippen LogP contribution in [0, 0.1) is 0 Å². The summed E-state index contributed by atoms with van der Waals surface area (Å²) in [5.74, 6) is -1.07. The first-order valence-corrected chi connectivity index (χ1v) is 7.04. The summed E-state index contributed by atoms with van der Waals surface area (Å²) in [5, 5.41) is 0.629. The zero-order valence-corrected chi connectivity index (χ0v) is 12.2. The second kappa shape index (κ2) is 5.81. The number of nitrogens with zero attached hydrogens (tertiary/aromatic N) is 4. The van der Waals surface area contributed by atoms with Crippen LogP contribution < -0.4 is 0 Å². The molecule has 3 rings (SSSR count). The molecule has 0 fully saturated rings. The first-order valence-electron chi connectivity index (χ1n) is 6.66. The maximum absolute atomic E-state index is 12.6. The smallest absolute Gasteiger partial charge is 0.294 e. The lowest BCUT2D eigenvalue weighted by molar-refractivity contribution is -0.145. The normalized spacial score (nSPS) is 15.6. The fourth-order valence-electron chi connectivity index (χ4n) is 2.41. The molecule has 0 atom stereocenters. The topological polar surface area (TPSA) is 41.9 Å². The van der Waals surface area contributed by atoms with Gasteiger partial charge in [-0.3, -0.25) is 9.88 Å². The van der Waals surface area contributed by atoms with E-state index in [1.807, 2.05) is 0 Å². The summed E-state index contributed by atoms with van der Waals surface area (Å²) in [4.78, 5) is 13.2. The van der Waals surface area contributed by atoms with Crippen LogP contribution in [-0.4, -0.2) is 26.4 Å². The number of halogens is 4. The van der Waals surface area contributed by atoms with E-state index in [4.69, 9.17) is 11.6 Å². The van der Waals surface area contributed by atoms with Crippen LogP contribution in [0.25, 0.3) is 0 Å². The van der Waals surface area contributed by atoms with E-state index in [1.165, 1.54) is 6.20 Å². The molecule has 1 aliphatic rings. The van der Waals surface area contributed by atoms with E-state index in [-0.39, 0.29) is 0 Å². The second-order valence-corrected chi connectivity index (χ2v) is 5.50. The van der Waals surface area contributed by atoms with Crippen LogP contribution in [-0.2, 0) is 25.7 Å². The monoisotopic (exact) mass is 328 g/mol. The fraction of sp³-hybridized carbons (Fsp3) is 0.357. The predicted molar refractivity (Wildman–Crippen MR) is 74.1 cm³/mol. The molecule has 22 heavy (non-hydrogen) atoms. The van der Waals surface area contributed by atoms with Crippen molar-refractivity contribution in [3.8, 4) is 0 Å². The maximum atomic E-state index is 12.6. The number of alkyl halides is 3. The van der Waals surface area contributed by atoms with Crippen molar-refractivity contribution >= 4 is 11.6 Å². The van der Waals surface area contributed by atoms with Crippen molar-refractivity contribution in [1.82, 2.24) is 19.9 Å². The van der Waals surface area contributed by atoms with Gasteiger partial charge in [0.1, 0.15) is 0 Å². The molecular formula is C14H12ClF3N4. The molecule has 0 aliphatic carbocycles. The molecule has 0 saturated heterocycles. The molecule has 0 radical (unpaired) electrons. The molecule has 116 valence electrons. The van der Waals surface area contributed by atoms with Gasteiger partial charge in [0.2, 0.25) is 5.82 Å². The first-order chi connectivity index (χ1) is 10.4. The fourth-order valence-corrected chi connectivity index (χ4v) is 2.58. The zero-order valence-electron chi connectivity index (χ0n) is 11.4. The molecule has 0 unspecified atom stereocenters. The van der Waals surface area contributed by atoms with Gasteiger partial charge in [0.15, 0.2) is 0 Å². The number of fused-ring (bicyclic) bond motifs is 1.